The maximum absolute atomic E-state index is 11.6. The number of aryl methyl sites for hydroxylation is 1. The van der Waals surface area contributed by atoms with Crippen molar-refractivity contribution in [1.82, 2.24) is 4.98 Å². The number of ketones is 2. The standard InChI is InChI=1S/C11H9NO2/c1-6-5-9(13)8-4-3-7(2)12-10(8)11(6)14/h3-5H,1-2H3. The summed E-state index contributed by atoms with van der Waals surface area (Å²) in [5.41, 5.74) is 1.90. The van der Waals surface area contributed by atoms with Crippen molar-refractivity contribution in [1.29, 1.82) is 0 Å². The third-order valence-corrected chi connectivity index (χ3v) is 2.22. The number of Topliss-reactive ketones (excluding diaryl/α,β-unsaturated/α-hetero) is 1. The van der Waals surface area contributed by atoms with Crippen molar-refractivity contribution in [3.05, 3.63) is 40.7 Å². The second-order valence-electron chi connectivity index (χ2n) is 3.37. The number of fused-ring (bicyclic) bond motifs is 1. The highest BCUT2D eigenvalue weighted by molar-refractivity contribution is 6.23. The SMILES string of the molecule is CC1=CC(=O)c2ccc(C)nc2C1=O. The summed E-state index contributed by atoms with van der Waals surface area (Å²) in [7, 11) is 0. The fraction of sp³-hybridized carbons (Fsp3) is 0.182. The van der Waals surface area contributed by atoms with Gasteiger partial charge in [0.05, 0.1) is 5.56 Å². The van der Waals surface area contributed by atoms with Gasteiger partial charge in [0, 0.05) is 11.3 Å². The maximum Gasteiger partial charge on any atom is 0.207 e. The lowest BCUT2D eigenvalue weighted by Gasteiger charge is -2.11. The van der Waals surface area contributed by atoms with Gasteiger partial charge in [-0.05, 0) is 32.1 Å². The minimum absolute atomic E-state index is 0.135. The molecule has 3 nitrogen and oxygen atoms in total. The topological polar surface area (TPSA) is 47.0 Å². The van der Waals surface area contributed by atoms with Crippen LogP contribution in [-0.2, 0) is 0 Å². The van der Waals surface area contributed by atoms with Crippen molar-refractivity contribution in [2.24, 2.45) is 0 Å². The van der Waals surface area contributed by atoms with E-state index in [4.69, 9.17) is 0 Å². The second kappa shape index (κ2) is 2.87. The number of rotatable bonds is 0. The summed E-state index contributed by atoms with van der Waals surface area (Å²) in [6.45, 7) is 3.43. The minimum Gasteiger partial charge on any atom is -0.289 e. The van der Waals surface area contributed by atoms with Gasteiger partial charge in [-0.25, -0.2) is 4.98 Å². The zero-order valence-corrected chi connectivity index (χ0v) is 8.00. The number of allylic oxidation sites excluding steroid dienone is 2. The van der Waals surface area contributed by atoms with Gasteiger partial charge in [0.1, 0.15) is 5.69 Å². The van der Waals surface area contributed by atoms with Crippen LogP contribution >= 0.6 is 0 Å². The Morgan fingerprint density at radius 1 is 1.14 bits per heavy atom. The molecule has 0 spiro atoms. The summed E-state index contributed by atoms with van der Waals surface area (Å²) < 4.78 is 0. The molecule has 0 saturated heterocycles. The number of aromatic nitrogens is 1. The van der Waals surface area contributed by atoms with E-state index in [1.54, 1.807) is 26.0 Å². The number of carbonyl (C=O) groups is 2. The number of hydrogen-bond donors (Lipinski definition) is 0. The molecule has 0 fully saturated rings. The van der Waals surface area contributed by atoms with E-state index in [1.165, 1.54) is 6.08 Å². The third kappa shape index (κ3) is 1.18. The largest absolute Gasteiger partial charge is 0.289 e. The van der Waals surface area contributed by atoms with Crippen LogP contribution in [-0.4, -0.2) is 16.6 Å². The Balaban J connectivity index is 2.69. The van der Waals surface area contributed by atoms with Crippen LogP contribution < -0.4 is 0 Å². The summed E-state index contributed by atoms with van der Waals surface area (Å²) in [6, 6.07) is 3.39. The van der Waals surface area contributed by atoms with Gasteiger partial charge in [0.2, 0.25) is 5.78 Å². The molecule has 3 heteroatoms. The molecular formula is C11H9NO2. The molecule has 0 unspecified atom stereocenters. The van der Waals surface area contributed by atoms with Crippen LogP contribution in [0.5, 0.6) is 0 Å². The van der Waals surface area contributed by atoms with Crippen LogP contribution in [0, 0.1) is 6.92 Å². The first kappa shape index (κ1) is 8.81. The highest BCUT2D eigenvalue weighted by Crippen LogP contribution is 2.19. The van der Waals surface area contributed by atoms with Crippen LogP contribution in [0.25, 0.3) is 0 Å². The average Bonchev–Trinajstić information content (AvgIpc) is 2.14. The molecule has 1 aromatic rings. The smallest absolute Gasteiger partial charge is 0.207 e. The molecule has 0 bridgehead atoms. The van der Waals surface area contributed by atoms with Crippen LogP contribution in [0.15, 0.2) is 23.8 Å². The molecule has 0 aromatic carbocycles. The molecular weight excluding hydrogens is 178 g/mol. The Morgan fingerprint density at radius 3 is 2.57 bits per heavy atom. The third-order valence-electron chi connectivity index (χ3n) is 2.22. The molecule has 1 aliphatic carbocycles. The van der Waals surface area contributed by atoms with Gasteiger partial charge in [0.25, 0.3) is 0 Å². The molecule has 2 rings (SSSR count). The molecule has 0 saturated carbocycles. The molecule has 0 aliphatic heterocycles. The number of hydrogen-bond acceptors (Lipinski definition) is 3. The molecule has 0 radical (unpaired) electrons. The molecule has 14 heavy (non-hydrogen) atoms. The van der Waals surface area contributed by atoms with E-state index in [9.17, 15) is 9.59 Å². The van der Waals surface area contributed by atoms with Gasteiger partial charge in [0.15, 0.2) is 5.78 Å². The molecule has 0 N–H and O–H groups in total. The summed E-state index contributed by atoms with van der Waals surface area (Å²) in [5.74, 6) is -0.284. The highest BCUT2D eigenvalue weighted by atomic mass is 16.1. The van der Waals surface area contributed by atoms with Crippen LogP contribution in [0.1, 0.15) is 33.5 Å². The fourth-order valence-electron chi connectivity index (χ4n) is 1.46. The van der Waals surface area contributed by atoms with Crippen molar-refractivity contribution in [2.75, 3.05) is 0 Å². The van der Waals surface area contributed by atoms with Crippen molar-refractivity contribution in [3.8, 4) is 0 Å². The van der Waals surface area contributed by atoms with Gasteiger partial charge in [-0.1, -0.05) is 0 Å². The second-order valence-corrected chi connectivity index (χ2v) is 3.37. The minimum atomic E-state index is -0.150. The van der Waals surface area contributed by atoms with Gasteiger partial charge < -0.3 is 0 Å². The Hall–Kier alpha value is -1.77. The van der Waals surface area contributed by atoms with Crippen LogP contribution in [0.2, 0.25) is 0 Å². The number of carbonyl (C=O) groups excluding carboxylic acids is 2. The van der Waals surface area contributed by atoms with E-state index in [2.05, 4.69) is 4.98 Å². The predicted octanol–water partition coefficient (Wildman–Crippen LogP) is 1.72. The first-order chi connectivity index (χ1) is 6.59. The van der Waals surface area contributed by atoms with Crippen LogP contribution in [0.4, 0.5) is 0 Å². The Bertz CT molecular complexity index is 472. The molecule has 70 valence electrons. The first-order valence-corrected chi connectivity index (χ1v) is 4.34. The lowest BCUT2D eigenvalue weighted by molar-refractivity contribution is 0.0980. The van der Waals surface area contributed by atoms with Gasteiger partial charge in [-0.3, -0.25) is 9.59 Å². The normalized spacial score (nSPS) is 15.1. The Kier molecular flexibility index (Phi) is 1.81. The zero-order chi connectivity index (χ0) is 10.3. The molecule has 1 heterocycles. The lowest BCUT2D eigenvalue weighted by Crippen LogP contribution is -2.17. The quantitative estimate of drug-likeness (QED) is 0.621. The zero-order valence-electron chi connectivity index (χ0n) is 8.00. The monoisotopic (exact) mass is 187 g/mol. The Morgan fingerprint density at radius 2 is 1.86 bits per heavy atom. The van der Waals surface area contributed by atoms with Crippen molar-refractivity contribution < 1.29 is 9.59 Å². The van der Waals surface area contributed by atoms with Crippen molar-refractivity contribution in [3.63, 3.8) is 0 Å². The van der Waals surface area contributed by atoms with Gasteiger partial charge in [-0.15, -0.1) is 0 Å². The van der Waals surface area contributed by atoms with Gasteiger partial charge >= 0.3 is 0 Å². The number of pyridine rings is 1. The van der Waals surface area contributed by atoms with Gasteiger partial charge in [-0.2, -0.15) is 0 Å². The summed E-state index contributed by atoms with van der Waals surface area (Å²) >= 11 is 0. The van der Waals surface area contributed by atoms with E-state index >= 15 is 0 Å². The van der Waals surface area contributed by atoms with E-state index in [1.807, 2.05) is 0 Å². The van der Waals surface area contributed by atoms with Crippen molar-refractivity contribution in [2.45, 2.75) is 13.8 Å². The van der Waals surface area contributed by atoms with E-state index < -0.39 is 0 Å². The summed E-state index contributed by atoms with van der Waals surface area (Å²) in [6.07, 6.45) is 1.36. The highest BCUT2D eigenvalue weighted by Gasteiger charge is 2.24. The molecule has 0 atom stereocenters. The molecule has 1 aliphatic rings. The summed E-state index contributed by atoms with van der Waals surface area (Å²) in [5, 5.41) is 0. The number of nitrogens with zero attached hydrogens (tertiary/aromatic N) is 1. The predicted molar refractivity (Wildman–Crippen MR) is 51.4 cm³/mol. The average molecular weight is 187 g/mol. The molecule has 0 amide bonds. The van der Waals surface area contributed by atoms with Crippen molar-refractivity contribution >= 4 is 11.6 Å². The lowest BCUT2D eigenvalue weighted by atomic mass is 9.94. The van der Waals surface area contributed by atoms with E-state index in [-0.39, 0.29) is 17.3 Å². The van der Waals surface area contributed by atoms with E-state index in [0.29, 0.717) is 11.1 Å². The maximum atomic E-state index is 11.6. The molecule has 1 aromatic heterocycles. The fourth-order valence-corrected chi connectivity index (χ4v) is 1.46. The van der Waals surface area contributed by atoms with Crippen LogP contribution in [0.3, 0.4) is 0 Å². The first-order valence-electron chi connectivity index (χ1n) is 4.34. The Labute approximate surface area is 81.5 Å². The summed E-state index contributed by atoms with van der Waals surface area (Å²) in [4.78, 5) is 27.2. The van der Waals surface area contributed by atoms with E-state index in [0.717, 1.165) is 5.69 Å².